The second-order valence-corrected chi connectivity index (χ2v) is 6.95. The van der Waals surface area contributed by atoms with Crippen LogP contribution in [0.5, 0.6) is 0 Å². The first-order valence-electron chi connectivity index (χ1n) is 10.1. The van der Waals surface area contributed by atoms with E-state index in [9.17, 15) is 10.2 Å². The smallest absolute Gasteiger partial charge is 0.0799 e. The van der Waals surface area contributed by atoms with Gasteiger partial charge >= 0.3 is 0 Å². The van der Waals surface area contributed by atoms with Crippen LogP contribution in [-0.2, 0) is 0 Å². The molecule has 22 heavy (non-hydrogen) atoms. The molecule has 2 nitrogen and oxygen atoms in total. The Labute approximate surface area is 139 Å². The van der Waals surface area contributed by atoms with Gasteiger partial charge in [-0.05, 0) is 12.8 Å². The van der Waals surface area contributed by atoms with Crippen LogP contribution >= 0.6 is 0 Å². The maximum Gasteiger partial charge on any atom is 0.0799 e. The number of hydrogen-bond donors (Lipinski definition) is 2. The van der Waals surface area contributed by atoms with Gasteiger partial charge in [0.1, 0.15) is 0 Å². The molecule has 134 valence electrons. The van der Waals surface area contributed by atoms with E-state index in [2.05, 4.69) is 13.8 Å². The Morgan fingerprint density at radius 3 is 1.14 bits per heavy atom. The molecule has 0 aliphatic carbocycles. The van der Waals surface area contributed by atoms with Gasteiger partial charge in [-0.3, -0.25) is 0 Å². The highest BCUT2D eigenvalue weighted by molar-refractivity contribution is 4.67. The minimum absolute atomic E-state index is 0.504. The summed E-state index contributed by atoms with van der Waals surface area (Å²) in [5.41, 5.74) is 0. The highest BCUT2D eigenvalue weighted by Crippen LogP contribution is 2.15. The summed E-state index contributed by atoms with van der Waals surface area (Å²) in [6.45, 7) is 4.43. The minimum atomic E-state index is -0.505. The van der Waals surface area contributed by atoms with Gasteiger partial charge in [0.15, 0.2) is 0 Å². The first-order chi connectivity index (χ1) is 10.7. The van der Waals surface area contributed by atoms with E-state index in [1.807, 2.05) is 0 Å². The summed E-state index contributed by atoms with van der Waals surface area (Å²) in [7, 11) is 0. The molecule has 0 saturated carbocycles. The average molecular weight is 315 g/mol. The number of rotatable bonds is 17. The summed E-state index contributed by atoms with van der Waals surface area (Å²) < 4.78 is 0. The molecule has 0 aromatic carbocycles. The Bertz CT molecular complexity index is 206. The molecule has 2 N–H and O–H groups in total. The molecular weight excluding hydrogens is 272 g/mol. The summed E-state index contributed by atoms with van der Waals surface area (Å²) in [6, 6.07) is 0. The predicted molar refractivity (Wildman–Crippen MR) is 97.2 cm³/mol. The molecule has 0 amide bonds. The molecule has 0 radical (unpaired) electrons. The zero-order valence-corrected chi connectivity index (χ0v) is 15.4. The van der Waals surface area contributed by atoms with Crippen molar-refractivity contribution in [2.75, 3.05) is 0 Å². The number of hydrogen-bond acceptors (Lipinski definition) is 2. The first kappa shape index (κ1) is 21.9. The summed E-state index contributed by atoms with van der Waals surface area (Å²) in [6.07, 6.45) is 18.5. The van der Waals surface area contributed by atoms with Crippen molar-refractivity contribution in [3.63, 3.8) is 0 Å². The Hall–Kier alpha value is -0.0800. The number of unbranched alkanes of at least 4 members (excludes halogenated alkanes) is 12. The van der Waals surface area contributed by atoms with Crippen LogP contribution in [0.4, 0.5) is 0 Å². The monoisotopic (exact) mass is 314 g/mol. The van der Waals surface area contributed by atoms with Crippen LogP contribution in [0.2, 0.25) is 0 Å². The highest BCUT2D eigenvalue weighted by atomic mass is 16.3. The molecule has 0 aromatic heterocycles. The second kappa shape index (κ2) is 17.3. The fourth-order valence-corrected chi connectivity index (χ4v) is 3.01. The van der Waals surface area contributed by atoms with Crippen molar-refractivity contribution in [1.29, 1.82) is 0 Å². The minimum Gasteiger partial charge on any atom is -0.390 e. The quantitative estimate of drug-likeness (QED) is 0.324. The van der Waals surface area contributed by atoms with Crippen LogP contribution in [0, 0.1) is 0 Å². The van der Waals surface area contributed by atoms with Gasteiger partial charge in [0, 0.05) is 0 Å². The number of aliphatic hydroxyl groups is 2. The summed E-state index contributed by atoms with van der Waals surface area (Å²) in [5.74, 6) is 0. The van der Waals surface area contributed by atoms with Crippen molar-refractivity contribution in [3.05, 3.63) is 0 Å². The zero-order valence-electron chi connectivity index (χ0n) is 15.4. The van der Waals surface area contributed by atoms with E-state index < -0.39 is 12.2 Å². The summed E-state index contributed by atoms with van der Waals surface area (Å²) in [5, 5.41) is 19.8. The van der Waals surface area contributed by atoms with Gasteiger partial charge in [-0.1, -0.05) is 104 Å². The third-order valence-corrected chi connectivity index (χ3v) is 4.65. The van der Waals surface area contributed by atoms with Crippen LogP contribution in [0.15, 0.2) is 0 Å². The van der Waals surface area contributed by atoms with E-state index in [-0.39, 0.29) is 0 Å². The van der Waals surface area contributed by atoms with Crippen molar-refractivity contribution in [2.24, 2.45) is 0 Å². The van der Waals surface area contributed by atoms with Crippen LogP contribution in [0.25, 0.3) is 0 Å². The van der Waals surface area contributed by atoms with E-state index >= 15 is 0 Å². The fourth-order valence-electron chi connectivity index (χ4n) is 3.01. The van der Waals surface area contributed by atoms with E-state index in [0.29, 0.717) is 0 Å². The molecule has 0 aromatic rings. The zero-order chi connectivity index (χ0) is 16.5. The standard InChI is InChI=1S/C20H42O2/c1-3-5-7-8-9-10-11-12-13-14-16-18-20(22)19(21)17-15-6-4-2/h19-22H,3-18H2,1-2H3. The van der Waals surface area contributed by atoms with Gasteiger partial charge in [0.05, 0.1) is 12.2 Å². The first-order valence-corrected chi connectivity index (χ1v) is 10.1. The van der Waals surface area contributed by atoms with Crippen LogP contribution < -0.4 is 0 Å². The van der Waals surface area contributed by atoms with Gasteiger partial charge in [-0.2, -0.15) is 0 Å². The lowest BCUT2D eigenvalue weighted by Gasteiger charge is -2.17. The predicted octanol–water partition coefficient (Wildman–Crippen LogP) is 5.99. The highest BCUT2D eigenvalue weighted by Gasteiger charge is 2.14. The molecule has 0 spiro atoms. The molecule has 0 fully saturated rings. The molecule has 0 aliphatic rings. The molecular formula is C20H42O2. The van der Waals surface area contributed by atoms with Crippen LogP contribution in [-0.4, -0.2) is 22.4 Å². The Kier molecular flexibility index (Phi) is 17.2. The topological polar surface area (TPSA) is 40.5 Å². The van der Waals surface area contributed by atoms with Crippen molar-refractivity contribution < 1.29 is 10.2 Å². The second-order valence-electron chi connectivity index (χ2n) is 6.95. The summed E-state index contributed by atoms with van der Waals surface area (Å²) in [4.78, 5) is 0. The van der Waals surface area contributed by atoms with E-state index in [4.69, 9.17) is 0 Å². The Balaban J connectivity index is 3.24. The third kappa shape index (κ3) is 14.8. The van der Waals surface area contributed by atoms with Gasteiger partial charge in [0.25, 0.3) is 0 Å². The number of aliphatic hydroxyl groups excluding tert-OH is 2. The molecule has 0 bridgehead atoms. The molecule has 2 atom stereocenters. The molecule has 0 heterocycles. The van der Waals surface area contributed by atoms with Gasteiger partial charge < -0.3 is 10.2 Å². The van der Waals surface area contributed by atoms with Crippen LogP contribution in [0.1, 0.15) is 117 Å². The van der Waals surface area contributed by atoms with Crippen molar-refractivity contribution in [1.82, 2.24) is 0 Å². The van der Waals surface area contributed by atoms with Crippen molar-refractivity contribution in [3.8, 4) is 0 Å². The van der Waals surface area contributed by atoms with E-state index in [1.165, 1.54) is 70.6 Å². The Morgan fingerprint density at radius 1 is 0.455 bits per heavy atom. The molecule has 0 saturated heterocycles. The lowest BCUT2D eigenvalue weighted by Crippen LogP contribution is -2.25. The largest absolute Gasteiger partial charge is 0.390 e. The average Bonchev–Trinajstić information content (AvgIpc) is 2.52. The van der Waals surface area contributed by atoms with Crippen molar-refractivity contribution >= 4 is 0 Å². The molecule has 2 unspecified atom stereocenters. The SMILES string of the molecule is CCCCCCCCCCCCCC(O)C(O)CCCCC. The lowest BCUT2D eigenvalue weighted by atomic mass is 10.00. The fraction of sp³-hybridized carbons (Fsp3) is 1.00. The molecule has 0 rings (SSSR count). The summed E-state index contributed by atoms with van der Waals surface area (Å²) >= 11 is 0. The molecule has 2 heteroatoms. The maximum atomic E-state index is 9.91. The van der Waals surface area contributed by atoms with E-state index in [0.717, 1.165) is 32.1 Å². The third-order valence-electron chi connectivity index (χ3n) is 4.65. The molecule has 0 aliphatic heterocycles. The van der Waals surface area contributed by atoms with E-state index in [1.54, 1.807) is 0 Å². The van der Waals surface area contributed by atoms with Crippen molar-refractivity contribution in [2.45, 2.75) is 129 Å². The van der Waals surface area contributed by atoms with Gasteiger partial charge in [-0.25, -0.2) is 0 Å². The Morgan fingerprint density at radius 2 is 0.727 bits per heavy atom. The normalized spacial score (nSPS) is 14.2. The van der Waals surface area contributed by atoms with Gasteiger partial charge in [0.2, 0.25) is 0 Å². The van der Waals surface area contributed by atoms with Gasteiger partial charge in [-0.15, -0.1) is 0 Å². The lowest BCUT2D eigenvalue weighted by molar-refractivity contribution is 0.00718. The van der Waals surface area contributed by atoms with Crippen LogP contribution in [0.3, 0.4) is 0 Å². The maximum absolute atomic E-state index is 9.91.